The Morgan fingerprint density at radius 2 is 1.76 bits per heavy atom. The molecule has 2 aromatic carbocycles. The smallest absolute Gasteiger partial charge is 0.0980 e. The third kappa shape index (κ3) is 3.17. The van der Waals surface area contributed by atoms with Gasteiger partial charge in [-0.2, -0.15) is 0 Å². The minimum absolute atomic E-state index is 0.170. The van der Waals surface area contributed by atoms with Crippen molar-refractivity contribution in [1.82, 2.24) is 4.90 Å². The van der Waals surface area contributed by atoms with Crippen molar-refractivity contribution in [1.29, 1.82) is 0 Å². The van der Waals surface area contributed by atoms with Crippen LogP contribution in [0.5, 0.6) is 0 Å². The zero-order valence-corrected chi connectivity index (χ0v) is 12.8. The molecule has 0 bridgehead atoms. The van der Waals surface area contributed by atoms with E-state index in [-0.39, 0.29) is 6.10 Å². The van der Waals surface area contributed by atoms with E-state index in [1.165, 1.54) is 16.7 Å². The van der Waals surface area contributed by atoms with E-state index in [9.17, 15) is 0 Å². The van der Waals surface area contributed by atoms with Crippen molar-refractivity contribution in [3.8, 4) is 0 Å². The van der Waals surface area contributed by atoms with Crippen LogP contribution >= 0.6 is 0 Å². The zero-order valence-electron chi connectivity index (χ0n) is 12.8. The van der Waals surface area contributed by atoms with Crippen LogP contribution in [0.3, 0.4) is 0 Å². The molecule has 2 nitrogen and oxygen atoms in total. The number of morpholine rings is 1. The van der Waals surface area contributed by atoms with Gasteiger partial charge in [-0.05, 0) is 30.5 Å². The van der Waals surface area contributed by atoms with Crippen LogP contribution in [0, 0.1) is 6.92 Å². The third-order valence-corrected chi connectivity index (χ3v) is 4.41. The predicted octanol–water partition coefficient (Wildman–Crippen LogP) is 3.96. The Balaban J connectivity index is 1.78. The monoisotopic (exact) mass is 281 g/mol. The molecule has 0 aromatic heterocycles. The summed E-state index contributed by atoms with van der Waals surface area (Å²) in [6.07, 6.45) is 0.170. The maximum Gasteiger partial charge on any atom is 0.0980 e. The number of hydrogen-bond acceptors (Lipinski definition) is 2. The normalized spacial score (nSPS) is 23.1. The number of ether oxygens (including phenoxy) is 1. The van der Waals surface area contributed by atoms with Crippen LogP contribution in [0.25, 0.3) is 0 Å². The molecule has 0 N–H and O–H groups in total. The molecule has 0 saturated carbocycles. The van der Waals surface area contributed by atoms with Crippen molar-refractivity contribution in [2.24, 2.45) is 0 Å². The molecule has 21 heavy (non-hydrogen) atoms. The minimum Gasteiger partial charge on any atom is -0.371 e. The second-order valence-electron chi connectivity index (χ2n) is 5.84. The summed E-state index contributed by atoms with van der Waals surface area (Å²) < 4.78 is 6.08. The minimum atomic E-state index is 0.170. The maximum atomic E-state index is 6.08. The third-order valence-electron chi connectivity index (χ3n) is 4.41. The molecule has 1 aliphatic rings. The molecule has 2 aromatic rings. The summed E-state index contributed by atoms with van der Waals surface area (Å²) in [4.78, 5) is 2.52. The SMILES string of the molecule is Cc1ccccc1C1OCCN(Cc2ccccc2)C1C. The van der Waals surface area contributed by atoms with E-state index in [1.54, 1.807) is 0 Å². The van der Waals surface area contributed by atoms with Gasteiger partial charge in [-0.3, -0.25) is 4.90 Å². The largest absolute Gasteiger partial charge is 0.371 e. The van der Waals surface area contributed by atoms with Crippen LogP contribution in [0.1, 0.15) is 29.7 Å². The Bertz CT molecular complexity index is 581. The Kier molecular flexibility index (Phi) is 4.37. The van der Waals surface area contributed by atoms with Gasteiger partial charge in [0.15, 0.2) is 0 Å². The van der Waals surface area contributed by atoms with Crippen LogP contribution in [-0.2, 0) is 11.3 Å². The van der Waals surface area contributed by atoms with E-state index >= 15 is 0 Å². The van der Waals surface area contributed by atoms with Gasteiger partial charge in [0.25, 0.3) is 0 Å². The fraction of sp³-hybridized carbons (Fsp3) is 0.368. The lowest BCUT2D eigenvalue weighted by molar-refractivity contribution is -0.0705. The molecular formula is C19H23NO. The molecule has 2 unspecified atom stereocenters. The van der Waals surface area contributed by atoms with E-state index in [0.29, 0.717) is 6.04 Å². The molecule has 1 saturated heterocycles. The molecule has 0 spiro atoms. The van der Waals surface area contributed by atoms with E-state index in [0.717, 1.165) is 19.7 Å². The lowest BCUT2D eigenvalue weighted by atomic mass is 9.96. The van der Waals surface area contributed by atoms with Gasteiger partial charge in [0.2, 0.25) is 0 Å². The average Bonchev–Trinajstić information content (AvgIpc) is 2.51. The van der Waals surface area contributed by atoms with E-state index < -0.39 is 0 Å². The Morgan fingerprint density at radius 3 is 2.52 bits per heavy atom. The molecule has 0 radical (unpaired) electrons. The molecule has 2 atom stereocenters. The summed E-state index contributed by atoms with van der Waals surface area (Å²) in [7, 11) is 0. The molecule has 1 fully saturated rings. The van der Waals surface area contributed by atoms with Gasteiger partial charge in [-0.15, -0.1) is 0 Å². The van der Waals surface area contributed by atoms with Crippen molar-refractivity contribution in [3.63, 3.8) is 0 Å². The topological polar surface area (TPSA) is 12.5 Å². The standard InChI is InChI=1S/C19H23NO/c1-15-8-6-7-11-18(15)19-16(2)20(12-13-21-19)14-17-9-4-3-5-10-17/h3-11,16,19H,12-14H2,1-2H3. The highest BCUT2D eigenvalue weighted by molar-refractivity contribution is 5.29. The van der Waals surface area contributed by atoms with Gasteiger partial charge in [-0.25, -0.2) is 0 Å². The van der Waals surface area contributed by atoms with Crippen molar-refractivity contribution in [2.45, 2.75) is 32.5 Å². The van der Waals surface area contributed by atoms with E-state index in [1.807, 2.05) is 0 Å². The fourth-order valence-corrected chi connectivity index (χ4v) is 3.13. The summed E-state index contributed by atoms with van der Waals surface area (Å²) in [6.45, 7) is 7.24. The van der Waals surface area contributed by atoms with E-state index in [2.05, 4.69) is 73.3 Å². The van der Waals surface area contributed by atoms with Crippen molar-refractivity contribution in [3.05, 3.63) is 71.3 Å². The van der Waals surface area contributed by atoms with Gasteiger partial charge in [-0.1, -0.05) is 54.6 Å². The number of benzene rings is 2. The van der Waals surface area contributed by atoms with Crippen molar-refractivity contribution >= 4 is 0 Å². The summed E-state index contributed by atoms with van der Waals surface area (Å²) in [5.74, 6) is 0. The van der Waals surface area contributed by atoms with Crippen LogP contribution in [-0.4, -0.2) is 24.1 Å². The first-order chi connectivity index (χ1) is 10.3. The van der Waals surface area contributed by atoms with Gasteiger partial charge in [0.1, 0.15) is 0 Å². The second-order valence-corrected chi connectivity index (χ2v) is 5.84. The van der Waals surface area contributed by atoms with Gasteiger partial charge < -0.3 is 4.74 Å². The number of hydrogen-bond donors (Lipinski definition) is 0. The highest BCUT2D eigenvalue weighted by Crippen LogP contribution is 2.31. The molecule has 3 rings (SSSR count). The summed E-state index contributed by atoms with van der Waals surface area (Å²) in [5.41, 5.74) is 4.01. The van der Waals surface area contributed by atoms with Crippen molar-refractivity contribution < 1.29 is 4.74 Å². The summed E-state index contributed by atoms with van der Waals surface area (Å²) in [5, 5.41) is 0. The zero-order chi connectivity index (χ0) is 14.7. The van der Waals surface area contributed by atoms with Crippen LogP contribution in [0.4, 0.5) is 0 Å². The number of rotatable bonds is 3. The molecule has 0 amide bonds. The average molecular weight is 281 g/mol. The van der Waals surface area contributed by atoms with Crippen LogP contribution in [0.2, 0.25) is 0 Å². The fourth-order valence-electron chi connectivity index (χ4n) is 3.13. The first-order valence-electron chi connectivity index (χ1n) is 7.71. The van der Waals surface area contributed by atoms with Crippen LogP contribution in [0.15, 0.2) is 54.6 Å². The lowest BCUT2D eigenvalue weighted by Gasteiger charge is -2.40. The summed E-state index contributed by atoms with van der Waals surface area (Å²) >= 11 is 0. The Morgan fingerprint density at radius 1 is 1.05 bits per heavy atom. The van der Waals surface area contributed by atoms with Crippen molar-refractivity contribution in [2.75, 3.05) is 13.2 Å². The quantitative estimate of drug-likeness (QED) is 0.844. The molecule has 2 heteroatoms. The maximum absolute atomic E-state index is 6.08. The second kappa shape index (κ2) is 6.42. The van der Waals surface area contributed by atoms with Gasteiger partial charge >= 0.3 is 0 Å². The first-order valence-corrected chi connectivity index (χ1v) is 7.71. The summed E-state index contributed by atoms with van der Waals surface area (Å²) in [6, 6.07) is 19.6. The molecule has 0 aliphatic carbocycles. The molecule has 110 valence electrons. The predicted molar refractivity (Wildman–Crippen MR) is 86.2 cm³/mol. The first kappa shape index (κ1) is 14.3. The Hall–Kier alpha value is -1.64. The number of aryl methyl sites for hydroxylation is 1. The molecule has 1 aliphatic heterocycles. The Labute approximate surface area is 127 Å². The number of nitrogens with zero attached hydrogens (tertiary/aromatic N) is 1. The van der Waals surface area contributed by atoms with Gasteiger partial charge in [0, 0.05) is 19.1 Å². The van der Waals surface area contributed by atoms with Crippen LogP contribution < -0.4 is 0 Å². The molecule has 1 heterocycles. The van der Waals surface area contributed by atoms with Gasteiger partial charge in [0.05, 0.1) is 12.7 Å². The highest BCUT2D eigenvalue weighted by Gasteiger charge is 2.30. The lowest BCUT2D eigenvalue weighted by Crippen LogP contribution is -2.45. The molecular weight excluding hydrogens is 258 g/mol. The van der Waals surface area contributed by atoms with E-state index in [4.69, 9.17) is 4.74 Å². The highest BCUT2D eigenvalue weighted by atomic mass is 16.5.